The van der Waals surface area contributed by atoms with Crippen LogP contribution in [0.2, 0.25) is 0 Å². The number of halogens is 1. The van der Waals surface area contributed by atoms with Gasteiger partial charge in [-0.2, -0.15) is 0 Å². The zero-order chi connectivity index (χ0) is 16.3. The number of ether oxygens (including phenoxy) is 2. The molecule has 24 heavy (non-hydrogen) atoms. The molecule has 1 fully saturated rings. The van der Waals surface area contributed by atoms with E-state index in [0.717, 1.165) is 38.0 Å². The fourth-order valence-corrected chi connectivity index (χ4v) is 2.69. The Hall–Kier alpha value is -1.14. The van der Waals surface area contributed by atoms with E-state index >= 15 is 0 Å². The van der Waals surface area contributed by atoms with Crippen LogP contribution in [-0.2, 0) is 20.8 Å². The molecule has 1 aliphatic rings. The van der Waals surface area contributed by atoms with Crippen LogP contribution in [0.1, 0.15) is 31.2 Å². The van der Waals surface area contributed by atoms with Crippen LogP contribution in [0.5, 0.6) is 0 Å². The van der Waals surface area contributed by atoms with Gasteiger partial charge in [0, 0.05) is 26.3 Å². The van der Waals surface area contributed by atoms with Gasteiger partial charge in [0.1, 0.15) is 0 Å². The lowest BCUT2D eigenvalue weighted by Gasteiger charge is -2.25. The van der Waals surface area contributed by atoms with Crippen LogP contribution in [0.4, 0.5) is 0 Å². The summed E-state index contributed by atoms with van der Waals surface area (Å²) in [4.78, 5) is 14.4. The summed E-state index contributed by atoms with van der Waals surface area (Å²) in [7, 11) is 0. The number of amides is 1. The molecule has 0 unspecified atom stereocenters. The molecule has 2 rings (SSSR count). The van der Waals surface area contributed by atoms with E-state index in [1.807, 2.05) is 35.2 Å². The van der Waals surface area contributed by atoms with Gasteiger partial charge in [0.25, 0.3) is 0 Å². The van der Waals surface area contributed by atoms with Crippen molar-refractivity contribution in [2.24, 2.45) is 5.73 Å². The van der Waals surface area contributed by atoms with Crippen LogP contribution in [0.3, 0.4) is 0 Å². The van der Waals surface area contributed by atoms with Crippen molar-refractivity contribution < 1.29 is 14.3 Å². The molecule has 1 aliphatic heterocycles. The molecule has 0 radical (unpaired) electrons. The maximum atomic E-state index is 12.5. The second kappa shape index (κ2) is 12.3. The topological polar surface area (TPSA) is 64.8 Å². The lowest BCUT2D eigenvalue weighted by atomic mass is 10.1. The van der Waals surface area contributed by atoms with Gasteiger partial charge >= 0.3 is 0 Å². The van der Waals surface area contributed by atoms with Crippen LogP contribution in [-0.4, -0.2) is 49.8 Å². The highest BCUT2D eigenvalue weighted by molar-refractivity contribution is 5.85. The Morgan fingerprint density at radius 3 is 2.62 bits per heavy atom. The van der Waals surface area contributed by atoms with Crippen LogP contribution in [0, 0.1) is 0 Å². The minimum Gasteiger partial charge on any atom is -0.381 e. The molecule has 0 saturated carbocycles. The average Bonchev–Trinajstić information content (AvgIpc) is 2.60. The van der Waals surface area contributed by atoms with E-state index < -0.39 is 0 Å². The number of nitrogens with zero attached hydrogens (tertiary/aromatic N) is 1. The first-order chi connectivity index (χ1) is 11.3. The number of carbonyl (C=O) groups is 1. The first-order valence-corrected chi connectivity index (χ1v) is 8.50. The highest BCUT2D eigenvalue weighted by atomic mass is 35.5. The third-order valence-corrected chi connectivity index (χ3v) is 4.04. The van der Waals surface area contributed by atoms with Crippen molar-refractivity contribution in [2.45, 2.75) is 38.3 Å². The molecule has 1 heterocycles. The van der Waals surface area contributed by atoms with E-state index in [2.05, 4.69) is 0 Å². The molecular weight excluding hydrogens is 328 g/mol. The van der Waals surface area contributed by atoms with Gasteiger partial charge in [-0.15, -0.1) is 12.4 Å². The Morgan fingerprint density at radius 2 is 1.96 bits per heavy atom. The SMILES string of the molecule is Cl.NCCCN(Cc1ccccc1)C(=O)CCOC1CCOCC1. The van der Waals surface area contributed by atoms with Gasteiger partial charge < -0.3 is 20.1 Å². The summed E-state index contributed by atoms with van der Waals surface area (Å²) in [5.74, 6) is 0.134. The Bertz CT molecular complexity index is 453. The monoisotopic (exact) mass is 356 g/mol. The quantitative estimate of drug-likeness (QED) is 0.737. The molecule has 6 heteroatoms. The first kappa shape index (κ1) is 20.9. The summed E-state index contributed by atoms with van der Waals surface area (Å²) in [5, 5.41) is 0. The van der Waals surface area contributed by atoms with Gasteiger partial charge in [-0.25, -0.2) is 0 Å². The summed E-state index contributed by atoms with van der Waals surface area (Å²) < 4.78 is 11.1. The van der Waals surface area contributed by atoms with E-state index in [-0.39, 0.29) is 24.4 Å². The summed E-state index contributed by atoms with van der Waals surface area (Å²) in [6, 6.07) is 10.1. The van der Waals surface area contributed by atoms with E-state index in [0.29, 0.717) is 32.7 Å². The van der Waals surface area contributed by atoms with Crippen molar-refractivity contribution in [3.63, 3.8) is 0 Å². The highest BCUT2D eigenvalue weighted by Crippen LogP contribution is 2.12. The Balaban J connectivity index is 0.00000288. The number of nitrogens with two attached hydrogens (primary N) is 1. The van der Waals surface area contributed by atoms with E-state index in [9.17, 15) is 4.79 Å². The molecule has 0 atom stereocenters. The minimum atomic E-state index is 0. The van der Waals surface area contributed by atoms with Gasteiger partial charge in [-0.1, -0.05) is 30.3 Å². The molecule has 1 saturated heterocycles. The molecule has 1 aromatic carbocycles. The third-order valence-electron chi connectivity index (χ3n) is 4.04. The normalized spacial score (nSPS) is 14.9. The molecule has 0 aliphatic carbocycles. The van der Waals surface area contributed by atoms with Crippen molar-refractivity contribution in [3.05, 3.63) is 35.9 Å². The summed E-state index contributed by atoms with van der Waals surface area (Å²) in [6.07, 6.45) is 3.33. The second-order valence-corrected chi connectivity index (χ2v) is 5.88. The fraction of sp³-hybridized carbons (Fsp3) is 0.611. The van der Waals surface area contributed by atoms with Gasteiger partial charge in [0.2, 0.25) is 5.91 Å². The van der Waals surface area contributed by atoms with Crippen LogP contribution < -0.4 is 5.73 Å². The third kappa shape index (κ3) is 7.62. The lowest BCUT2D eigenvalue weighted by molar-refractivity contribution is -0.134. The second-order valence-electron chi connectivity index (χ2n) is 5.88. The maximum Gasteiger partial charge on any atom is 0.225 e. The summed E-state index contributed by atoms with van der Waals surface area (Å²) in [5.41, 5.74) is 6.74. The number of carbonyl (C=O) groups excluding carboxylic acids is 1. The molecule has 2 N–H and O–H groups in total. The molecule has 5 nitrogen and oxygen atoms in total. The number of rotatable bonds is 9. The molecule has 0 aromatic heterocycles. The number of hydrogen-bond acceptors (Lipinski definition) is 4. The summed E-state index contributed by atoms with van der Waals surface area (Å²) in [6.45, 7) is 3.93. The molecule has 1 aromatic rings. The average molecular weight is 357 g/mol. The van der Waals surface area contributed by atoms with Crippen molar-refractivity contribution in [1.82, 2.24) is 4.90 Å². The van der Waals surface area contributed by atoms with Crippen LogP contribution >= 0.6 is 12.4 Å². The Kier molecular flexibility index (Phi) is 10.7. The van der Waals surface area contributed by atoms with Gasteiger partial charge in [-0.3, -0.25) is 4.79 Å². The maximum absolute atomic E-state index is 12.5. The highest BCUT2D eigenvalue weighted by Gasteiger charge is 2.17. The first-order valence-electron chi connectivity index (χ1n) is 8.50. The zero-order valence-corrected chi connectivity index (χ0v) is 15.0. The smallest absolute Gasteiger partial charge is 0.225 e. The van der Waals surface area contributed by atoms with Gasteiger partial charge in [-0.05, 0) is 31.4 Å². The van der Waals surface area contributed by atoms with Gasteiger partial charge in [0.05, 0.1) is 19.1 Å². The van der Waals surface area contributed by atoms with Crippen molar-refractivity contribution in [2.75, 3.05) is 32.9 Å². The molecular formula is C18H29ClN2O3. The zero-order valence-electron chi connectivity index (χ0n) is 14.2. The predicted octanol–water partition coefficient (Wildman–Crippen LogP) is 2.37. The summed E-state index contributed by atoms with van der Waals surface area (Å²) >= 11 is 0. The van der Waals surface area contributed by atoms with E-state index in [1.54, 1.807) is 0 Å². The molecule has 1 amide bonds. The lowest BCUT2D eigenvalue weighted by Crippen LogP contribution is -2.33. The van der Waals surface area contributed by atoms with Gasteiger partial charge in [0.15, 0.2) is 0 Å². The fourth-order valence-electron chi connectivity index (χ4n) is 2.69. The Labute approximate surface area is 150 Å². The standard InChI is InChI=1S/C18H28N2O3.ClH/c19-10-4-11-20(15-16-5-2-1-3-6-16)18(21)9-14-23-17-7-12-22-13-8-17;/h1-3,5-6,17H,4,7-15,19H2;1H. The van der Waals surface area contributed by atoms with E-state index in [4.69, 9.17) is 15.2 Å². The molecule has 0 bridgehead atoms. The minimum absolute atomic E-state index is 0. The number of hydrogen-bond donors (Lipinski definition) is 1. The molecule has 136 valence electrons. The molecule has 0 spiro atoms. The van der Waals surface area contributed by atoms with E-state index in [1.165, 1.54) is 0 Å². The van der Waals surface area contributed by atoms with Crippen molar-refractivity contribution >= 4 is 18.3 Å². The Morgan fingerprint density at radius 1 is 1.25 bits per heavy atom. The van der Waals surface area contributed by atoms with Crippen LogP contribution in [0.15, 0.2) is 30.3 Å². The number of benzene rings is 1. The predicted molar refractivity (Wildman–Crippen MR) is 97.2 cm³/mol. The van der Waals surface area contributed by atoms with Crippen molar-refractivity contribution in [1.29, 1.82) is 0 Å². The largest absolute Gasteiger partial charge is 0.381 e. The van der Waals surface area contributed by atoms with Crippen LogP contribution in [0.25, 0.3) is 0 Å². The van der Waals surface area contributed by atoms with Crippen molar-refractivity contribution in [3.8, 4) is 0 Å².